The fourth-order valence-electron chi connectivity index (χ4n) is 5.80. The molecule has 19 heteroatoms. The summed E-state index contributed by atoms with van der Waals surface area (Å²) in [5.74, 6) is -5.25. The molecule has 50 heavy (non-hydrogen) atoms. The van der Waals surface area contributed by atoms with Crippen LogP contribution in [0.4, 0.5) is 0 Å². The zero-order valence-corrected chi connectivity index (χ0v) is 28.4. The number of piperazine rings is 1. The van der Waals surface area contributed by atoms with Crippen LogP contribution in [0.5, 0.6) is 0 Å². The van der Waals surface area contributed by atoms with Crippen molar-refractivity contribution in [1.29, 1.82) is 0 Å². The van der Waals surface area contributed by atoms with E-state index in [1.807, 2.05) is 0 Å². The number of aliphatic carboxylic acids is 1. The fraction of sp³-hybridized carbons (Fsp3) is 0.323. The number of aromatic nitrogens is 1. The Hall–Kier alpha value is -5.43. The van der Waals surface area contributed by atoms with E-state index in [1.165, 1.54) is 38.5 Å². The number of carbonyl (C=O) groups is 8. The maximum absolute atomic E-state index is 14.2. The summed E-state index contributed by atoms with van der Waals surface area (Å²) < 4.78 is 1.54. The number of carboxylic acids is 1. The van der Waals surface area contributed by atoms with Gasteiger partial charge in [-0.1, -0.05) is 35.0 Å². The molecule has 1 aromatic heterocycles. The molecule has 2 saturated heterocycles. The van der Waals surface area contributed by atoms with Gasteiger partial charge in [0.25, 0.3) is 18.2 Å². The van der Waals surface area contributed by atoms with Gasteiger partial charge < -0.3 is 25.4 Å². The van der Waals surface area contributed by atoms with Gasteiger partial charge in [0.1, 0.15) is 5.37 Å². The summed E-state index contributed by atoms with van der Waals surface area (Å²) in [5, 5.41) is 19.1. The Morgan fingerprint density at radius 2 is 1.78 bits per heavy atom. The minimum absolute atomic E-state index is 0.0878. The summed E-state index contributed by atoms with van der Waals surface area (Å²) in [7, 11) is 1.57. The lowest BCUT2D eigenvalue weighted by molar-refractivity contribution is -0.679. The van der Waals surface area contributed by atoms with Crippen LogP contribution >= 0.6 is 23.5 Å². The number of carbonyl (C=O) groups excluding carboxylic acids is 8. The number of rotatable bonds is 15. The van der Waals surface area contributed by atoms with E-state index >= 15 is 0 Å². The molecule has 2 fully saturated rings. The molecular weight excluding hydrogens is 693 g/mol. The van der Waals surface area contributed by atoms with Crippen LogP contribution < -0.4 is 25.4 Å². The van der Waals surface area contributed by atoms with Gasteiger partial charge in [-0.2, -0.15) is 0 Å². The molecule has 2 aromatic rings. The standard InChI is InChI=1S/C31H32N8O9S2/c1-3-35-13-14-37(27(45)26(35)44)38(19-42)23(20-7-5-4-6-8-20)25(43)33-31(32-17-40)29(48)39-24(28(46)47)21(16-50-30(31)39)15-49-22-9-11-36(12-10-22)34(2)18-41/h4-12,17-19,23,30H,3,13-16H2,1-2H3,(H2-,32,33,40,43,46,47)/t23-,30-,31-/m1/s1. The number of nitrogens with zero attached hydrogens (tertiary/aromatic N) is 6. The van der Waals surface area contributed by atoms with Crippen molar-refractivity contribution in [3.05, 3.63) is 71.7 Å². The van der Waals surface area contributed by atoms with Gasteiger partial charge in [-0.05, 0) is 18.1 Å². The van der Waals surface area contributed by atoms with Gasteiger partial charge in [-0.15, -0.1) is 28.5 Å². The van der Waals surface area contributed by atoms with Gasteiger partial charge in [0.2, 0.25) is 30.9 Å². The molecule has 5 rings (SSSR count). The van der Waals surface area contributed by atoms with Gasteiger partial charge in [0.05, 0.1) is 25.3 Å². The van der Waals surface area contributed by atoms with Crippen LogP contribution in [0.25, 0.3) is 0 Å². The predicted octanol–water partition coefficient (Wildman–Crippen LogP) is -2.93. The van der Waals surface area contributed by atoms with Crippen molar-refractivity contribution in [2.75, 3.05) is 43.2 Å². The molecule has 17 nitrogen and oxygen atoms in total. The monoisotopic (exact) mass is 724 g/mol. The second kappa shape index (κ2) is 15.0. The Morgan fingerprint density at radius 3 is 2.38 bits per heavy atom. The molecule has 3 aliphatic heterocycles. The third kappa shape index (κ3) is 6.48. The van der Waals surface area contributed by atoms with E-state index in [-0.39, 0.29) is 49.5 Å². The van der Waals surface area contributed by atoms with Gasteiger partial charge in [-0.3, -0.25) is 38.5 Å². The molecule has 1 aromatic carbocycles. The third-order valence-corrected chi connectivity index (χ3v) is 10.8. The Balaban J connectivity index is 1.42. The quantitative estimate of drug-likeness (QED) is 0.0476. The highest BCUT2D eigenvalue weighted by molar-refractivity contribution is 8.01. The summed E-state index contributed by atoms with van der Waals surface area (Å²) in [6, 6.07) is 9.71. The number of carboxylic acid groups (broad SMARTS) is 1. The maximum atomic E-state index is 14.2. The molecule has 7 amide bonds. The summed E-state index contributed by atoms with van der Waals surface area (Å²) in [6.07, 6.45) is 4.33. The summed E-state index contributed by atoms with van der Waals surface area (Å²) in [4.78, 5) is 105. The third-order valence-electron chi connectivity index (χ3n) is 8.35. The predicted molar refractivity (Wildman–Crippen MR) is 174 cm³/mol. The number of thioether (sulfide) groups is 2. The zero-order chi connectivity index (χ0) is 36.2. The second-order valence-electron chi connectivity index (χ2n) is 11.1. The summed E-state index contributed by atoms with van der Waals surface area (Å²) >= 11 is 2.38. The van der Waals surface area contributed by atoms with Crippen molar-refractivity contribution < 1.29 is 48.1 Å². The highest BCUT2D eigenvalue weighted by Gasteiger charge is 2.65. The van der Waals surface area contributed by atoms with Crippen LogP contribution in [-0.2, 0) is 38.4 Å². The molecule has 0 aliphatic carbocycles. The molecule has 0 radical (unpaired) electrons. The number of β-lactam (4-membered cyclic amide) rings is 1. The van der Waals surface area contributed by atoms with E-state index in [0.29, 0.717) is 12.0 Å². The molecule has 0 spiro atoms. The van der Waals surface area contributed by atoms with Crippen LogP contribution in [-0.4, -0.2) is 118 Å². The Morgan fingerprint density at radius 1 is 1.08 bits per heavy atom. The molecule has 0 saturated carbocycles. The average molecular weight is 725 g/mol. The van der Waals surface area contributed by atoms with Crippen molar-refractivity contribution in [2.24, 2.45) is 0 Å². The minimum Gasteiger partial charge on any atom is -0.543 e. The number of amides is 7. The highest BCUT2D eigenvalue weighted by Crippen LogP contribution is 2.46. The number of hydrogen-bond donors (Lipinski definition) is 2. The first-order valence-electron chi connectivity index (χ1n) is 15.2. The molecule has 262 valence electrons. The Kier molecular flexibility index (Phi) is 10.8. The fourth-order valence-corrected chi connectivity index (χ4v) is 8.25. The number of fused-ring (bicyclic) bond motifs is 1. The summed E-state index contributed by atoms with van der Waals surface area (Å²) in [6.45, 7) is 1.95. The Bertz CT molecular complexity index is 1740. The van der Waals surface area contributed by atoms with Gasteiger partial charge in [-0.25, -0.2) is 10.0 Å². The van der Waals surface area contributed by atoms with Crippen LogP contribution in [0.15, 0.2) is 71.0 Å². The number of benzene rings is 1. The van der Waals surface area contributed by atoms with E-state index in [0.717, 1.165) is 31.6 Å². The molecular formula is C31H32N8O9S2. The molecule has 3 aliphatic rings. The molecule has 0 unspecified atom stereocenters. The van der Waals surface area contributed by atoms with E-state index in [4.69, 9.17) is 0 Å². The maximum Gasteiger partial charge on any atom is 0.330 e. The zero-order valence-electron chi connectivity index (χ0n) is 26.8. The number of hydrazine groups is 1. The largest absolute Gasteiger partial charge is 0.543 e. The van der Waals surface area contributed by atoms with Gasteiger partial charge in [0, 0.05) is 41.6 Å². The molecule has 3 atom stereocenters. The van der Waals surface area contributed by atoms with Crippen molar-refractivity contribution >= 4 is 72.4 Å². The lowest BCUT2D eigenvalue weighted by Gasteiger charge is -2.57. The normalized spacial score (nSPS) is 20.7. The van der Waals surface area contributed by atoms with E-state index in [1.54, 1.807) is 56.7 Å². The van der Waals surface area contributed by atoms with E-state index in [2.05, 4.69) is 10.6 Å². The number of pyridine rings is 1. The van der Waals surface area contributed by atoms with Crippen LogP contribution in [0, 0.1) is 0 Å². The van der Waals surface area contributed by atoms with Crippen molar-refractivity contribution in [3.8, 4) is 0 Å². The van der Waals surface area contributed by atoms with Crippen molar-refractivity contribution in [2.45, 2.75) is 28.9 Å². The Labute approximate surface area is 294 Å². The molecule has 4 heterocycles. The van der Waals surface area contributed by atoms with Crippen molar-refractivity contribution in [3.63, 3.8) is 0 Å². The second-order valence-corrected chi connectivity index (χ2v) is 13.2. The number of likely N-dealkylation sites (N-methyl/N-ethyl adjacent to an activating group) is 1. The smallest absolute Gasteiger partial charge is 0.330 e. The van der Waals surface area contributed by atoms with Crippen LogP contribution in [0.2, 0.25) is 0 Å². The van der Waals surface area contributed by atoms with Gasteiger partial charge in [0.15, 0.2) is 6.04 Å². The SMILES string of the molecule is CCN1CCN(N(C=O)[C@@H](C(=O)N[C@]2(NC=O)C(=O)N3C(C(=O)[O-])=C(CSc4cc[n+](N(C)C=O)cc4)CS[C@@H]32)c2ccccc2)C(=O)C1=O. The minimum atomic E-state index is -2.14. The van der Waals surface area contributed by atoms with Gasteiger partial charge >= 0.3 is 11.8 Å². The number of nitrogens with one attached hydrogen (secondary N) is 2. The summed E-state index contributed by atoms with van der Waals surface area (Å²) in [5.41, 5.74) is -1.96. The lowest BCUT2D eigenvalue weighted by Crippen LogP contribution is -2.85. The first-order chi connectivity index (χ1) is 24.0. The molecule has 0 bridgehead atoms. The van der Waals surface area contributed by atoms with E-state index in [9.17, 15) is 43.5 Å². The topological polar surface area (TPSA) is 204 Å². The molecule has 2 N–H and O–H groups in total. The lowest BCUT2D eigenvalue weighted by atomic mass is 9.94. The number of hydrogen-bond acceptors (Lipinski definition) is 11. The first kappa shape index (κ1) is 35.9. The average Bonchev–Trinajstić information content (AvgIpc) is 3.13. The highest BCUT2D eigenvalue weighted by atomic mass is 32.2. The van der Waals surface area contributed by atoms with Crippen molar-refractivity contribution in [1.82, 2.24) is 30.5 Å². The van der Waals surface area contributed by atoms with E-state index < -0.39 is 52.4 Å². The van der Waals surface area contributed by atoms with Crippen LogP contribution in [0.1, 0.15) is 18.5 Å². The first-order valence-corrected chi connectivity index (χ1v) is 17.2. The van der Waals surface area contributed by atoms with Crippen LogP contribution in [0.3, 0.4) is 0 Å².